The summed E-state index contributed by atoms with van der Waals surface area (Å²) < 4.78 is 0. The summed E-state index contributed by atoms with van der Waals surface area (Å²) in [4.78, 5) is 40.3. The van der Waals surface area contributed by atoms with Gasteiger partial charge in [0.05, 0.1) is 6.42 Å². The van der Waals surface area contributed by atoms with Gasteiger partial charge in [-0.1, -0.05) is 144 Å². The van der Waals surface area contributed by atoms with E-state index in [1.807, 2.05) is 72.8 Å². The number of hydrogen-bond acceptors (Lipinski definition) is 10. The summed E-state index contributed by atoms with van der Waals surface area (Å²) in [6.45, 7) is 8.34. The van der Waals surface area contributed by atoms with E-state index in [2.05, 4.69) is 193 Å². The van der Waals surface area contributed by atoms with Crippen LogP contribution < -0.4 is 19.6 Å². The number of benzene rings is 8. The standard InChI is InChI=1S/C59H50N10/c1-42-25-33-50(34-26-42)66(46-17-9-5-10-18-46)56-60-54(61-57(64-56)67(47-19-11-6-12-20-47)51-35-27-43(2)28-36-51)41-55-62-58(68(48-21-13-7-14-22-48)52-37-29-44(3)30-38-52)65-59(63-55)69(49-23-15-8-16-24-49)53-39-31-45(4)32-40-53/h5-40H,41H2,1-4H3. The SMILES string of the molecule is Cc1ccc(N(c2ccccc2)c2nc(Cc3nc(N(c4ccccc4)c4ccc(C)cc4)nc(N(c4ccccc4)c4ccc(C)cc4)n3)nc(N(c3ccccc3)c3ccc(C)cc3)n2)cc1. The van der Waals surface area contributed by atoms with Gasteiger partial charge in [0.25, 0.3) is 0 Å². The molecule has 0 saturated heterocycles. The maximum atomic E-state index is 5.35. The van der Waals surface area contributed by atoms with E-state index in [1.54, 1.807) is 0 Å². The zero-order chi connectivity index (χ0) is 47.1. The first-order valence-electron chi connectivity index (χ1n) is 23.0. The Kier molecular flexibility index (Phi) is 12.6. The third-order valence-electron chi connectivity index (χ3n) is 11.7. The molecule has 0 amide bonds. The molecule has 2 heterocycles. The van der Waals surface area contributed by atoms with Crippen LogP contribution in [-0.4, -0.2) is 29.9 Å². The summed E-state index contributed by atoms with van der Waals surface area (Å²) in [5, 5.41) is 0. The van der Waals surface area contributed by atoms with Crippen molar-refractivity contribution in [3.63, 3.8) is 0 Å². The van der Waals surface area contributed by atoms with Gasteiger partial charge >= 0.3 is 0 Å². The summed E-state index contributed by atoms with van der Waals surface area (Å²) in [5.41, 5.74) is 11.7. The molecule has 10 aromatic rings. The van der Waals surface area contributed by atoms with Crippen molar-refractivity contribution < 1.29 is 0 Å². The fourth-order valence-electron chi connectivity index (χ4n) is 8.09. The number of rotatable bonds is 14. The molecule has 0 spiro atoms. The lowest BCUT2D eigenvalue weighted by Gasteiger charge is -2.28. The fraction of sp³-hybridized carbons (Fsp3) is 0.0847. The quantitative estimate of drug-likeness (QED) is 0.105. The molecule has 8 aromatic carbocycles. The van der Waals surface area contributed by atoms with E-state index in [1.165, 1.54) is 0 Å². The summed E-state index contributed by atoms with van der Waals surface area (Å²) in [6, 6.07) is 74.3. The number of aromatic nitrogens is 6. The highest BCUT2D eigenvalue weighted by Gasteiger charge is 2.26. The predicted molar refractivity (Wildman–Crippen MR) is 280 cm³/mol. The predicted octanol–water partition coefficient (Wildman–Crippen LogP) is 14.8. The van der Waals surface area contributed by atoms with Crippen molar-refractivity contribution in [3.05, 3.63) is 252 Å². The van der Waals surface area contributed by atoms with E-state index in [0.29, 0.717) is 35.4 Å². The van der Waals surface area contributed by atoms with Gasteiger partial charge in [0.2, 0.25) is 23.8 Å². The lowest BCUT2D eigenvalue weighted by molar-refractivity contribution is 0.835. The largest absolute Gasteiger partial charge is 0.279 e. The first-order chi connectivity index (χ1) is 33.8. The second-order valence-corrected chi connectivity index (χ2v) is 16.9. The first kappa shape index (κ1) is 43.9. The van der Waals surface area contributed by atoms with Gasteiger partial charge in [0, 0.05) is 45.5 Å². The van der Waals surface area contributed by atoms with Gasteiger partial charge in [-0.15, -0.1) is 0 Å². The maximum Gasteiger partial charge on any atom is 0.239 e. The number of anilines is 12. The Bertz CT molecular complexity index is 2830. The molecule has 336 valence electrons. The molecule has 2 aromatic heterocycles. The van der Waals surface area contributed by atoms with Crippen LogP contribution in [0.25, 0.3) is 0 Å². The lowest BCUT2D eigenvalue weighted by atomic mass is 10.2. The van der Waals surface area contributed by atoms with Crippen LogP contribution in [-0.2, 0) is 6.42 Å². The third-order valence-corrected chi connectivity index (χ3v) is 11.7. The summed E-state index contributed by atoms with van der Waals surface area (Å²) in [6.07, 6.45) is 0.130. The molecule has 0 aliphatic carbocycles. The molecular formula is C59H50N10. The van der Waals surface area contributed by atoms with Crippen LogP contribution in [0.3, 0.4) is 0 Å². The van der Waals surface area contributed by atoms with Crippen LogP contribution in [0, 0.1) is 27.7 Å². The molecular weight excluding hydrogens is 849 g/mol. The van der Waals surface area contributed by atoms with E-state index in [-0.39, 0.29) is 6.42 Å². The van der Waals surface area contributed by atoms with E-state index in [0.717, 1.165) is 67.8 Å². The smallest absolute Gasteiger partial charge is 0.239 e. The second-order valence-electron chi connectivity index (χ2n) is 16.9. The minimum Gasteiger partial charge on any atom is -0.279 e. The second kappa shape index (κ2) is 19.8. The normalized spacial score (nSPS) is 11.0. The number of hydrogen-bond donors (Lipinski definition) is 0. The molecule has 10 heteroatoms. The van der Waals surface area contributed by atoms with Gasteiger partial charge in [-0.25, -0.2) is 0 Å². The Morgan fingerprint density at radius 1 is 0.232 bits per heavy atom. The molecule has 0 radical (unpaired) electrons. The average molecular weight is 899 g/mol. The number of para-hydroxylation sites is 4. The van der Waals surface area contributed by atoms with E-state index < -0.39 is 0 Å². The van der Waals surface area contributed by atoms with Gasteiger partial charge in [0.1, 0.15) is 11.6 Å². The molecule has 0 unspecified atom stereocenters. The summed E-state index contributed by atoms with van der Waals surface area (Å²) in [7, 11) is 0. The Labute approximate surface area is 403 Å². The molecule has 0 saturated carbocycles. The van der Waals surface area contributed by atoms with Crippen LogP contribution in [0.5, 0.6) is 0 Å². The van der Waals surface area contributed by atoms with Crippen molar-refractivity contribution in [1.82, 2.24) is 29.9 Å². The van der Waals surface area contributed by atoms with E-state index >= 15 is 0 Å². The van der Waals surface area contributed by atoms with Crippen LogP contribution in [0.1, 0.15) is 33.9 Å². The molecule has 0 atom stereocenters. The maximum absolute atomic E-state index is 5.35. The van der Waals surface area contributed by atoms with Crippen molar-refractivity contribution in [1.29, 1.82) is 0 Å². The van der Waals surface area contributed by atoms with Gasteiger partial charge < -0.3 is 0 Å². The van der Waals surface area contributed by atoms with Crippen LogP contribution in [0.2, 0.25) is 0 Å². The van der Waals surface area contributed by atoms with E-state index in [9.17, 15) is 0 Å². The highest BCUT2D eigenvalue weighted by Crippen LogP contribution is 2.39. The summed E-state index contributed by atoms with van der Waals surface area (Å²) >= 11 is 0. The topological polar surface area (TPSA) is 90.3 Å². The molecule has 0 aliphatic rings. The molecule has 0 fully saturated rings. The molecule has 10 nitrogen and oxygen atoms in total. The summed E-state index contributed by atoms with van der Waals surface area (Å²) in [5.74, 6) is 2.66. The Hall–Kier alpha value is -9.02. The van der Waals surface area contributed by atoms with Crippen molar-refractivity contribution in [2.24, 2.45) is 0 Å². The van der Waals surface area contributed by atoms with Crippen molar-refractivity contribution in [2.75, 3.05) is 19.6 Å². The van der Waals surface area contributed by atoms with Gasteiger partial charge in [0.15, 0.2) is 0 Å². The van der Waals surface area contributed by atoms with Crippen LogP contribution in [0.15, 0.2) is 218 Å². The molecule has 10 rings (SSSR count). The first-order valence-corrected chi connectivity index (χ1v) is 23.0. The number of nitrogens with zero attached hydrogens (tertiary/aromatic N) is 10. The lowest BCUT2D eigenvalue weighted by Crippen LogP contribution is -2.22. The Morgan fingerprint density at radius 3 is 0.623 bits per heavy atom. The van der Waals surface area contributed by atoms with Gasteiger partial charge in [-0.2, -0.15) is 29.9 Å². The van der Waals surface area contributed by atoms with Gasteiger partial charge in [-0.05, 0) is 125 Å². The highest BCUT2D eigenvalue weighted by molar-refractivity contribution is 5.78. The van der Waals surface area contributed by atoms with Crippen molar-refractivity contribution >= 4 is 69.3 Å². The van der Waals surface area contributed by atoms with Crippen molar-refractivity contribution in [3.8, 4) is 0 Å². The minimum absolute atomic E-state index is 0.130. The monoisotopic (exact) mass is 898 g/mol. The molecule has 0 N–H and O–H groups in total. The highest BCUT2D eigenvalue weighted by atomic mass is 15.4. The van der Waals surface area contributed by atoms with Crippen molar-refractivity contribution in [2.45, 2.75) is 34.1 Å². The van der Waals surface area contributed by atoms with Crippen LogP contribution in [0.4, 0.5) is 69.3 Å². The zero-order valence-corrected chi connectivity index (χ0v) is 39.0. The Balaban J connectivity index is 1.22. The third kappa shape index (κ3) is 9.91. The molecule has 0 aliphatic heterocycles. The average Bonchev–Trinajstić information content (AvgIpc) is 3.38. The van der Waals surface area contributed by atoms with E-state index in [4.69, 9.17) is 29.9 Å². The zero-order valence-electron chi connectivity index (χ0n) is 39.0. The van der Waals surface area contributed by atoms with Gasteiger partial charge in [-0.3, -0.25) is 19.6 Å². The van der Waals surface area contributed by atoms with Crippen LogP contribution >= 0.6 is 0 Å². The molecule has 69 heavy (non-hydrogen) atoms. The fourth-order valence-corrected chi connectivity index (χ4v) is 8.09. The molecule has 0 bridgehead atoms. The minimum atomic E-state index is 0.130. The number of aryl methyl sites for hydroxylation is 4. The Morgan fingerprint density at radius 2 is 0.420 bits per heavy atom.